The Morgan fingerprint density at radius 2 is 2.18 bits per heavy atom. The van der Waals surface area contributed by atoms with E-state index in [-0.39, 0.29) is 5.82 Å². The predicted octanol–water partition coefficient (Wildman–Crippen LogP) is 2.96. The highest BCUT2D eigenvalue weighted by Gasteiger charge is 2.03. The molecule has 4 heteroatoms. The quantitative estimate of drug-likeness (QED) is 0.879. The number of aryl methyl sites for hydroxylation is 2. The number of hydrogen-bond acceptors (Lipinski definition) is 2. The Morgan fingerprint density at radius 3 is 2.94 bits per heavy atom. The van der Waals surface area contributed by atoms with Crippen LogP contribution in [0.2, 0.25) is 0 Å². The maximum Gasteiger partial charge on any atom is 0.125 e. The fourth-order valence-corrected chi connectivity index (χ4v) is 1.77. The molecule has 0 amide bonds. The molecule has 0 unspecified atom stereocenters. The minimum atomic E-state index is -0.220. The zero-order valence-corrected chi connectivity index (χ0v) is 10.1. The standard InChI is InChI=1S/C13H16FN3/c1-3-17-12(6-7-16-17)9-15-13-8-11(14)5-4-10(13)2/h4-8,15H,3,9H2,1-2H3. The van der Waals surface area contributed by atoms with Gasteiger partial charge in [-0.2, -0.15) is 5.10 Å². The molecule has 1 aromatic carbocycles. The van der Waals surface area contributed by atoms with Gasteiger partial charge < -0.3 is 5.32 Å². The number of nitrogens with zero attached hydrogens (tertiary/aromatic N) is 2. The second-order valence-corrected chi connectivity index (χ2v) is 3.95. The van der Waals surface area contributed by atoms with Crippen molar-refractivity contribution in [2.45, 2.75) is 26.9 Å². The van der Waals surface area contributed by atoms with E-state index in [0.29, 0.717) is 6.54 Å². The monoisotopic (exact) mass is 233 g/mol. The molecule has 0 atom stereocenters. The van der Waals surface area contributed by atoms with Crippen molar-refractivity contribution < 1.29 is 4.39 Å². The summed E-state index contributed by atoms with van der Waals surface area (Å²) in [5.41, 5.74) is 2.96. The molecule has 0 aliphatic carbocycles. The molecule has 17 heavy (non-hydrogen) atoms. The zero-order chi connectivity index (χ0) is 12.3. The molecule has 0 saturated carbocycles. The molecule has 3 nitrogen and oxygen atoms in total. The van der Waals surface area contributed by atoms with Gasteiger partial charge in [0.25, 0.3) is 0 Å². The van der Waals surface area contributed by atoms with Gasteiger partial charge in [0.05, 0.1) is 12.2 Å². The van der Waals surface area contributed by atoms with E-state index in [0.717, 1.165) is 23.5 Å². The largest absolute Gasteiger partial charge is 0.379 e. The molecule has 0 saturated heterocycles. The summed E-state index contributed by atoms with van der Waals surface area (Å²) in [4.78, 5) is 0. The number of benzene rings is 1. The maximum atomic E-state index is 13.1. The third-order valence-corrected chi connectivity index (χ3v) is 2.76. The van der Waals surface area contributed by atoms with Crippen LogP contribution in [0.5, 0.6) is 0 Å². The van der Waals surface area contributed by atoms with Crippen molar-refractivity contribution >= 4 is 5.69 Å². The average molecular weight is 233 g/mol. The summed E-state index contributed by atoms with van der Waals surface area (Å²) in [5.74, 6) is -0.220. The lowest BCUT2D eigenvalue weighted by atomic mass is 10.2. The first-order valence-corrected chi connectivity index (χ1v) is 5.71. The highest BCUT2D eigenvalue weighted by atomic mass is 19.1. The lowest BCUT2D eigenvalue weighted by molar-refractivity contribution is 0.624. The van der Waals surface area contributed by atoms with Gasteiger partial charge in [-0.05, 0) is 37.6 Å². The third kappa shape index (κ3) is 2.64. The van der Waals surface area contributed by atoms with Crippen LogP contribution in [0, 0.1) is 12.7 Å². The summed E-state index contributed by atoms with van der Waals surface area (Å²) < 4.78 is 15.0. The van der Waals surface area contributed by atoms with Crippen molar-refractivity contribution in [1.82, 2.24) is 9.78 Å². The summed E-state index contributed by atoms with van der Waals surface area (Å²) in [7, 11) is 0. The van der Waals surface area contributed by atoms with E-state index in [4.69, 9.17) is 0 Å². The molecule has 0 bridgehead atoms. The van der Waals surface area contributed by atoms with Crippen molar-refractivity contribution in [1.29, 1.82) is 0 Å². The van der Waals surface area contributed by atoms with Crippen LogP contribution in [0.15, 0.2) is 30.5 Å². The van der Waals surface area contributed by atoms with Crippen LogP contribution in [0.4, 0.5) is 10.1 Å². The minimum Gasteiger partial charge on any atom is -0.379 e. The zero-order valence-electron chi connectivity index (χ0n) is 10.1. The second kappa shape index (κ2) is 4.99. The number of halogens is 1. The lowest BCUT2D eigenvalue weighted by Gasteiger charge is -2.10. The number of rotatable bonds is 4. The lowest BCUT2D eigenvalue weighted by Crippen LogP contribution is -2.08. The van der Waals surface area contributed by atoms with E-state index in [1.807, 2.05) is 24.6 Å². The first-order chi connectivity index (χ1) is 8.20. The summed E-state index contributed by atoms with van der Waals surface area (Å²) in [6.45, 7) is 5.49. The fraction of sp³-hybridized carbons (Fsp3) is 0.308. The van der Waals surface area contributed by atoms with Gasteiger partial charge in [0, 0.05) is 18.4 Å². The molecular weight excluding hydrogens is 217 g/mol. The Balaban J connectivity index is 2.09. The van der Waals surface area contributed by atoms with Crippen LogP contribution in [-0.4, -0.2) is 9.78 Å². The molecule has 0 aliphatic rings. The Morgan fingerprint density at radius 1 is 1.35 bits per heavy atom. The Hall–Kier alpha value is -1.84. The molecule has 0 spiro atoms. The van der Waals surface area contributed by atoms with Crippen LogP contribution >= 0.6 is 0 Å². The summed E-state index contributed by atoms with van der Waals surface area (Å²) >= 11 is 0. The third-order valence-electron chi connectivity index (χ3n) is 2.76. The van der Waals surface area contributed by atoms with E-state index >= 15 is 0 Å². The van der Waals surface area contributed by atoms with Crippen molar-refractivity contribution in [3.05, 3.63) is 47.5 Å². The molecule has 1 heterocycles. The minimum absolute atomic E-state index is 0.220. The number of hydrogen-bond donors (Lipinski definition) is 1. The van der Waals surface area contributed by atoms with Gasteiger partial charge in [0.15, 0.2) is 0 Å². The molecule has 1 aromatic heterocycles. The molecule has 1 N–H and O–H groups in total. The van der Waals surface area contributed by atoms with Gasteiger partial charge >= 0.3 is 0 Å². The molecular formula is C13H16FN3. The van der Waals surface area contributed by atoms with Gasteiger partial charge in [0.2, 0.25) is 0 Å². The molecule has 0 fully saturated rings. The van der Waals surface area contributed by atoms with Crippen molar-refractivity contribution in [3.8, 4) is 0 Å². The van der Waals surface area contributed by atoms with Gasteiger partial charge in [-0.15, -0.1) is 0 Å². The summed E-state index contributed by atoms with van der Waals surface area (Å²) in [5, 5.41) is 7.42. The van der Waals surface area contributed by atoms with Gasteiger partial charge in [0.1, 0.15) is 5.82 Å². The smallest absolute Gasteiger partial charge is 0.125 e. The van der Waals surface area contributed by atoms with Crippen LogP contribution in [0.25, 0.3) is 0 Å². The Labute approximate surface area is 100 Å². The van der Waals surface area contributed by atoms with Gasteiger partial charge in [-0.3, -0.25) is 4.68 Å². The SMILES string of the molecule is CCn1nccc1CNc1cc(F)ccc1C. The highest BCUT2D eigenvalue weighted by molar-refractivity contribution is 5.50. The molecule has 0 aliphatic heterocycles. The van der Waals surface area contributed by atoms with E-state index in [9.17, 15) is 4.39 Å². The maximum absolute atomic E-state index is 13.1. The topological polar surface area (TPSA) is 29.9 Å². The van der Waals surface area contributed by atoms with E-state index < -0.39 is 0 Å². The molecule has 0 radical (unpaired) electrons. The Bertz CT molecular complexity index is 505. The van der Waals surface area contributed by atoms with E-state index in [2.05, 4.69) is 10.4 Å². The van der Waals surface area contributed by atoms with Gasteiger partial charge in [-0.25, -0.2) is 4.39 Å². The second-order valence-electron chi connectivity index (χ2n) is 3.95. The predicted molar refractivity (Wildman–Crippen MR) is 66.4 cm³/mol. The van der Waals surface area contributed by atoms with Crippen LogP contribution < -0.4 is 5.32 Å². The number of nitrogens with one attached hydrogen (secondary N) is 1. The molecule has 90 valence electrons. The van der Waals surface area contributed by atoms with Crippen LogP contribution in [0.1, 0.15) is 18.2 Å². The van der Waals surface area contributed by atoms with E-state index in [1.54, 1.807) is 12.3 Å². The summed E-state index contributed by atoms with van der Waals surface area (Å²) in [6, 6.07) is 6.72. The highest BCUT2D eigenvalue weighted by Crippen LogP contribution is 2.16. The van der Waals surface area contributed by atoms with Crippen molar-refractivity contribution in [2.24, 2.45) is 0 Å². The van der Waals surface area contributed by atoms with Crippen LogP contribution in [-0.2, 0) is 13.1 Å². The fourth-order valence-electron chi connectivity index (χ4n) is 1.77. The summed E-state index contributed by atoms with van der Waals surface area (Å²) in [6.07, 6.45) is 1.78. The number of aromatic nitrogens is 2. The Kier molecular flexibility index (Phi) is 3.42. The molecule has 2 rings (SSSR count). The molecule has 2 aromatic rings. The first kappa shape index (κ1) is 11.6. The van der Waals surface area contributed by atoms with E-state index in [1.165, 1.54) is 12.1 Å². The van der Waals surface area contributed by atoms with Crippen LogP contribution in [0.3, 0.4) is 0 Å². The van der Waals surface area contributed by atoms with Crippen molar-refractivity contribution in [2.75, 3.05) is 5.32 Å². The average Bonchev–Trinajstić information content (AvgIpc) is 2.77. The first-order valence-electron chi connectivity index (χ1n) is 5.71. The normalized spacial score (nSPS) is 10.5. The van der Waals surface area contributed by atoms with Gasteiger partial charge in [-0.1, -0.05) is 6.07 Å². The van der Waals surface area contributed by atoms with Crippen molar-refractivity contribution in [3.63, 3.8) is 0 Å². The number of anilines is 1.